The van der Waals surface area contributed by atoms with Crippen LogP contribution in [0.25, 0.3) is 0 Å². The summed E-state index contributed by atoms with van der Waals surface area (Å²) in [6.45, 7) is 3.03. The second kappa shape index (κ2) is 5.05. The number of ether oxygens (including phenoxy) is 2. The Morgan fingerprint density at radius 2 is 2.11 bits per heavy atom. The number of cyclic esters (lactones) is 1. The van der Waals surface area contributed by atoms with Crippen LogP contribution in [0.15, 0.2) is 42.5 Å². The summed E-state index contributed by atoms with van der Waals surface area (Å²) in [4.78, 5) is 13.8. The van der Waals surface area contributed by atoms with Crippen molar-refractivity contribution < 1.29 is 14.3 Å². The van der Waals surface area contributed by atoms with Crippen molar-refractivity contribution >= 4 is 6.09 Å². The molecule has 0 aromatic heterocycles. The first kappa shape index (κ1) is 12.2. The molecule has 1 fully saturated rings. The molecule has 0 unspecified atom stereocenters. The summed E-state index contributed by atoms with van der Waals surface area (Å²) < 4.78 is 10.8. The van der Waals surface area contributed by atoms with Crippen LogP contribution in [0.5, 0.6) is 0 Å². The molecule has 4 heteroatoms. The maximum atomic E-state index is 12.0. The maximum absolute atomic E-state index is 12.0. The average Bonchev–Trinajstić information content (AvgIpc) is 3.08. The number of nitrogens with zero attached hydrogens (tertiary/aromatic N) is 1. The van der Waals surface area contributed by atoms with E-state index < -0.39 is 0 Å². The molecule has 0 spiro atoms. The molecule has 1 amide bonds. The Balaban J connectivity index is 1.84. The molecule has 19 heavy (non-hydrogen) atoms. The van der Waals surface area contributed by atoms with Gasteiger partial charge in [0.1, 0.15) is 6.61 Å². The first-order chi connectivity index (χ1) is 9.27. The molecule has 0 N–H and O–H groups in total. The number of rotatable bonds is 3. The lowest BCUT2D eigenvalue weighted by Gasteiger charge is -2.30. The van der Waals surface area contributed by atoms with Gasteiger partial charge in [0.2, 0.25) is 0 Å². The zero-order valence-electron chi connectivity index (χ0n) is 10.9. The molecule has 0 radical (unpaired) electrons. The van der Waals surface area contributed by atoms with Crippen LogP contribution in [-0.2, 0) is 9.47 Å². The Morgan fingerprint density at radius 3 is 2.79 bits per heavy atom. The van der Waals surface area contributed by atoms with Crippen molar-refractivity contribution in [3.63, 3.8) is 0 Å². The number of amides is 1. The highest BCUT2D eigenvalue weighted by Crippen LogP contribution is 2.30. The Morgan fingerprint density at radius 1 is 1.32 bits per heavy atom. The predicted octanol–water partition coefficient (Wildman–Crippen LogP) is 2.52. The van der Waals surface area contributed by atoms with Crippen LogP contribution in [0.4, 0.5) is 4.79 Å². The van der Waals surface area contributed by atoms with Gasteiger partial charge >= 0.3 is 6.09 Å². The third-order valence-electron chi connectivity index (χ3n) is 3.73. The van der Waals surface area contributed by atoms with E-state index in [0.29, 0.717) is 13.2 Å². The van der Waals surface area contributed by atoms with Crippen LogP contribution >= 0.6 is 0 Å². The molecule has 0 saturated carbocycles. The van der Waals surface area contributed by atoms with Gasteiger partial charge in [0.25, 0.3) is 0 Å². The summed E-state index contributed by atoms with van der Waals surface area (Å²) >= 11 is 0. The number of hydrogen-bond donors (Lipinski definition) is 0. The molecule has 1 saturated heterocycles. The van der Waals surface area contributed by atoms with Crippen LogP contribution in [0.3, 0.4) is 0 Å². The van der Waals surface area contributed by atoms with Gasteiger partial charge in [0, 0.05) is 0 Å². The maximum Gasteiger partial charge on any atom is 0.410 e. The van der Waals surface area contributed by atoms with Crippen molar-refractivity contribution in [1.82, 2.24) is 4.90 Å². The Bertz CT molecular complexity index is 485. The van der Waals surface area contributed by atoms with Crippen molar-refractivity contribution in [2.75, 3.05) is 13.2 Å². The SMILES string of the molecule is C[C@H](c1ccccc1)N1C(=O)OC[C@H]1[C@H]1C=CCO1. The minimum absolute atomic E-state index is 0.0150. The zero-order chi connectivity index (χ0) is 13.2. The van der Waals surface area contributed by atoms with Gasteiger partial charge in [-0.05, 0) is 12.5 Å². The molecule has 1 aromatic carbocycles. The van der Waals surface area contributed by atoms with Gasteiger partial charge < -0.3 is 9.47 Å². The molecule has 0 aliphatic carbocycles. The van der Waals surface area contributed by atoms with E-state index in [2.05, 4.69) is 0 Å². The number of benzene rings is 1. The number of carbonyl (C=O) groups is 1. The minimum atomic E-state index is -0.259. The van der Waals surface area contributed by atoms with Gasteiger partial charge in [-0.25, -0.2) is 4.79 Å². The predicted molar refractivity (Wildman–Crippen MR) is 70.7 cm³/mol. The molecule has 2 aliphatic heterocycles. The monoisotopic (exact) mass is 259 g/mol. The van der Waals surface area contributed by atoms with E-state index in [1.165, 1.54) is 0 Å². The number of hydrogen-bond acceptors (Lipinski definition) is 3. The van der Waals surface area contributed by atoms with Crippen LogP contribution in [0.2, 0.25) is 0 Å². The average molecular weight is 259 g/mol. The molecule has 3 atom stereocenters. The molecule has 1 aromatic rings. The lowest BCUT2D eigenvalue weighted by Crippen LogP contribution is -2.43. The van der Waals surface area contributed by atoms with Crippen molar-refractivity contribution in [3.8, 4) is 0 Å². The van der Waals surface area contributed by atoms with Crippen molar-refractivity contribution in [2.45, 2.75) is 25.1 Å². The summed E-state index contributed by atoms with van der Waals surface area (Å²) in [7, 11) is 0. The fourth-order valence-electron chi connectivity index (χ4n) is 2.69. The van der Waals surface area contributed by atoms with E-state index in [0.717, 1.165) is 5.56 Å². The van der Waals surface area contributed by atoms with Crippen LogP contribution in [0.1, 0.15) is 18.5 Å². The van der Waals surface area contributed by atoms with Crippen LogP contribution in [0, 0.1) is 0 Å². The Kier molecular flexibility index (Phi) is 3.25. The molecular weight excluding hydrogens is 242 g/mol. The van der Waals surface area contributed by atoms with E-state index in [4.69, 9.17) is 9.47 Å². The molecule has 0 bridgehead atoms. The first-order valence-electron chi connectivity index (χ1n) is 6.55. The summed E-state index contributed by atoms with van der Waals surface area (Å²) in [6, 6.07) is 9.93. The van der Waals surface area contributed by atoms with Gasteiger partial charge in [0.05, 0.1) is 24.8 Å². The summed E-state index contributed by atoms with van der Waals surface area (Å²) in [5.41, 5.74) is 1.10. The largest absolute Gasteiger partial charge is 0.447 e. The molecule has 100 valence electrons. The van der Waals surface area contributed by atoms with Gasteiger partial charge in [0.15, 0.2) is 0 Å². The summed E-state index contributed by atoms with van der Waals surface area (Å²) in [5, 5.41) is 0. The van der Waals surface area contributed by atoms with E-state index in [1.807, 2.05) is 49.4 Å². The van der Waals surface area contributed by atoms with Crippen LogP contribution in [-0.4, -0.2) is 36.4 Å². The standard InChI is InChI=1S/C15H17NO3/c1-11(12-6-3-2-4-7-12)16-13(10-19-15(16)17)14-8-5-9-18-14/h2-8,11,13-14H,9-10H2,1H3/t11-,13+,14-/m1/s1. The van der Waals surface area contributed by atoms with Gasteiger partial charge in [-0.3, -0.25) is 4.90 Å². The zero-order valence-corrected chi connectivity index (χ0v) is 10.9. The highest BCUT2D eigenvalue weighted by atomic mass is 16.6. The minimum Gasteiger partial charge on any atom is -0.447 e. The smallest absolute Gasteiger partial charge is 0.410 e. The lowest BCUT2D eigenvalue weighted by atomic mass is 10.0. The second-order valence-electron chi connectivity index (χ2n) is 4.86. The van der Waals surface area contributed by atoms with E-state index in [-0.39, 0.29) is 24.3 Å². The quantitative estimate of drug-likeness (QED) is 0.783. The highest BCUT2D eigenvalue weighted by molar-refractivity contribution is 5.71. The molecule has 2 heterocycles. The van der Waals surface area contributed by atoms with Crippen LogP contribution < -0.4 is 0 Å². The topological polar surface area (TPSA) is 38.8 Å². The summed E-state index contributed by atoms with van der Waals surface area (Å²) in [5.74, 6) is 0. The molecule has 2 aliphatic rings. The van der Waals surface area contributed by atoms with E-state index in [9.17, 15) is 4.79 Å². The first-order valence-corrected chi connectivity index (χ1v) is 6.55. The third kappa shape index (κ3) is 2.24. The van der Waals surface area contributed by atoms with Gasteiger partial charge in [-0.2, -0.15) is 0 Å². The normalized spacial score (nSPS) is 27.6. The third-order valence-corrected chi connectivity index (χ3v) is 3.73. The van der Waals surface area contributed by atoms with Gasteiger partial charge in [-0.1, -0.05) is 42.5 Å². The number of carbonyl (C=O) groups excluding carboxylic acids is 1. The highest BCUT2D eigenvalue weighted by Gasteiger charge is 2.41. The van der Waals surface area contributed by atoms with Crippen molar-refractivity contribution in [1.29, 1.82) is 0 Å². The fourth-order valence-corrected chi connectivity index (χ4v) is 2.69. The molecule has 3 rings (SSSR count). The van der Waals surface area contributed by atoms with E-state index >= 15 is 0 Å². The summed E-state index contributed by atoms with van der Waals surface area (Å²) in [6.07, 6.45) is 3.68. The lowest BCUT2D eigenvalue weighted by molar-refractivity contribution is 0.0567. The van der Waals surface area contributed by atoms with Crippen molar-refractivity contribution in [2.24, 2.45) is 0 Å². The Hall–Kier alpha value is -1.81. The van der Waals surface area contributed by atoms with Gasteiger partial charge in [-0.15, -0.1) is 0 Å². The second-order valence-corrected chi connectivity index (χ2v) is 4.86. The molecule has 4 nitrogen and oxygen atoms in total. The fraction of sp³-hybridized carbons (Fsp3) is 0.400. The Labute approximate surface area is 112 Å². The molecular formula is C15H17NO3. The van der Waals surface area contributed by atoms with E-state index in [1.54, 1.807) is 4.90 Å². The van der Waals surface area contributed by atoms with Crippen molar-refractivity contribution in [3.05, 3.63) is 48.0 Å².